The van der Waals surface area contributed by atoms with Gasteiger partial charge in [-0.05, 0) is 38.2 Å². The van der Waals surface area contributed by atoms with E-state index in [4.69, 9.17) is 4.74 Å². The van der Waals surface area contributed by atoms with E-state index in [1.54, 1.807) is 0 Å². The van der Waals surface area contributed by atoms with Crippen LogP contribution in [-0.4, -0.2) is 17.5 Å². The van der Waals surface area contributed by atoms with Gasteiger partial charge in [-0.2, -0.15) is 0 Å². The monoisotopic (exact) mass is 248 g/mol. The second-order valence-corrected chi connectivity index (χ2v) is 4.26. The summed E-state index contributed by atoms with van der Waals surface area (Å²) in [5, 5.41) is 1.06. The molecular formula is C11H21BrO. The highest BCUT2D eigenvalue weighted by Crippen LogP contribution is 2.26. The highest BCUT2D eigenvalue weighted by atomic mass is 79.9. The van der Waals surface area contributed by atoms with Crippen molar-refractivity contribution in [2.24, 2.45) is 0 Å². The fourth-order valence-electron chi connectivity index (χ4n) is 1.56. The van der Waals surface area contributed by atoms with Crippen molar-refractivity contribution in [3.8, 4) is 0 Å². The molecule has 1 nitrogen and oxygen atoms in total. The summed E-state index contributed by atoms with van der Waals surface area (Å²) in [6.07, 6.45) is 5.42. The molecule has 0 bridgehead atoms. The van der Waals surface area contributed by atoms with Crippen LogP contribution in [0.15, 0.2) is 12.2 Å². The molecule has 1 aliphatic rings. The molecule has 0 aromatic heterocycles. The van der Waals surface area contributed by atoms with Crippen molar-refractivity contribution in [3.63, 3.8) is 0 Å². The summed E-state index contributed by atoms with van der Waals surface area (Å²) in [5.74, 6) is 0. The summed E-state index contributed by atoms with van der Waals surface area (Å²) in [5.41, 5.74) is 1.28. The molecule has 0 saturated carbocycles. The van der Waals surface area contributed by atoms with Gasteiger partial charge in [-0.1, -0.05) is 29.9 Å². The first-order valence-electron chi connectivity index (χ1n) is 4.63. The van der Waals surface area contributed by atoms with Crippen LogP contribution in [0.1, 0.15) is 40.0 Å². The van der Waals surface area contributed by atoms with Crippen molar-refractivity contribution in [1.82, 2.24) is 0 Å². The second-order valence-electron chi connectivity index (χ2n) is 3.46. The Kier molecular flexibility index (Phi) is 6.70. The van der Waals surface area contributed by atoms with E-state index in [-0.39, 0.29) is 7.43 Å². The van der Waals surface area contributed by atoms with E-state index in [1.165, 1.54) is 24.8 Å². The zero-order valence-electron chi connectivity index (χ0n) is 7.68. The number of hydrogen-bond acceptors (Lipinski definition) is 1. The minimum absolute atomic E-state index is 0. The predicted molar refractivity (Wildman–Crippen MR) is 62.5 cm³/mol. The number of rotatable bonds is 4. The molecule has 2 heteroatoms. The summed E-state index contributed by atoms with van der Waals surface area (Å²) in [6, 6.07) is 0. The Balaban J connectivity index is 0.00000144. The van der Waals surface area contributed by atoms with Crippen LogP contribution in [0.5, 0.6) is 0 Å². The van der Waals surface area contributed by atoms with Crippen LogP contribution in [0.3, 0.4) is 0 Å². The van der Waals surface area contributed by atoms with Crippen molar-refractivity contribution >= 4 is 15.9 Å². The van der Waals surface area contributed by atoms with Gasteiger partial charge in [0.2, 0.25) is 0 Å². The fraction of sp³-hybridized carbons (Fsp3) is 0.818. The SMILES string of the molecule is C.C=C(CCCBr)C1CCC(C)O1. The molecule has 0 aliphatic carbocycles. The standard InChI is InChI=1S/C10H17BrO.CH4/c1-8(4-3-7-11)10-6-5-9(2)12-10;/h9-10H,1,3-7H2,2H3;1H4. The molecule has 78 valence electrons. The molecule has 0 aromatic carbocycles. The molecule has 2 unspecified atom stereocenters. The summed E-state index contributed by atoms with van der Waals surface area (Å²) < 4.78 is 5.71. The van der Waals surface area contributed by atoms with E-state index in [0.29, 0.717) is 12.2 Å². The maximum absolute atomic E-state index is 5.71. The van der Waals surface area contributed by atoms with Gasteiger partial charge in [-0.25, -0.2) is 0 Å². The van der Waals surface area contributed by atoms with Gasteiger partial charge in [0.25, 0.3) is 0 Å². The summed E-state index contributed by atoms with van der Waals surface area (Å²) in [4.78, 5) is 0. The highest BCUT2D eigenvalue weighted by Gasteiger charge is 2.23. The van der Waals surface area contributed by atoms with Crippen LogP contribution < -0.4 is 0 Å². The molecule has 1 saturated heterocycles. The Morgan fingerprint density at radius 3 is 2.69 bits per heavy atom. The van der Waals surface area contributed by atoms with Crippen molar-refractivity contribution in [2.75, 3.05) is 5.33 Å². The Morgan fingerprint density at radius 1 is 1.54 bits per heavy atom. The Hall–Kier alpha value is 0.180. The first kappa shape index (κ1) is 13.2. The summed E-state index contributed by atoms with van der Waals surface area (Å²) in [7, 11) is 0. The predicted octanol–water partition coefficient (Wildman–Crippen LogP) is 3.92. The molecule has 0 spiro atoms. The third-order valence-electron chi connectivity index (χ3n) is 2.32. The number of hydrogen-bond donors (Lipinski definition) is 0. The smallest absolute Gasteiger partial charge is 0.0787 e. The lowest BCUT2D eigenvalue weighted by molar-refractivity contribution is 0.0751. The maximum Gasteiger partial charge on any atom is 0.0787 e. The third kappa shape index (κ3) is 4.28. The van der Waals surface area contributed by atoms with E-state index in [9.17, 15) is 0 Å². The normalized spacial score (nSPS) is 26.9. The minimum Gasteiger partial charge on any atom is -0.371 e. The molecule has 0 aromatic rings. The van der Waals surface area contributed by atoms with Crippen molar-refractivity contribution in [2.45, 2.75) is 52.2 Å². The summed E-state index contributed by atoms with van der Waals surface area (Å²) >= 11 is 3.42. The third-order valence-corrected chi connectivity index (χ3v) is 2.88. The molecular weight excluding hydrogens is 228 g/mol. The van der Waals surface area contributed by atoms with Crippen LogP contribution in [0.25, 0.3) is 0 Å². The lowest BCUT2D eigenvalue weighted by Gasteiger charge is -2.13. The fourth-order valence-corrected chi connectivity index (χ4v) is 1.84. The highest BCUT2D eigenvalue weighted by molar-refractivity contribution is 9.09. The van der Waals surface area contributed by atoms with Crippen LogP contribution in [0.2, 0.25) is 0 Å². The van der Waals surface area contributed by atoms with Crippen LogP contribution in [-0.2, 0) is 4.74 Å². The van der Waals surface area contributed by atoms with Crippen molar-refractivity contribution < 1.29 is 4.74 Å². The molecule has 1 aliphatic heterocycles. The topological polar surface area (TPSA) is 9.23 Å². The van der Waals surface area contributed by atoms with E-state index in [2.05, 4.69) is 29.4 Å². The van der Waals surface area contributed by atoms with Gasteiger partial charge >= 0.3 is 0 Å². The van der Waals surface area contributed by atoms with E-state index in [1.807, 2.05) is 0 Å². The zero-order valence-corrected chi connectivity index (χ0v) is 9.27. The largest absolute Gasteiger partial charge is 0.371 e. The first-order valence-corrected chi connectivity index (χ1v) is 5.75. The van der Waals surface area contributed by atoms with E-state index >= 15 is 0 Å². The van der Waals surface area contributed by atoms with Gasteiger partial charge < -0.3 is 4.74 Å². The average molecular weight is 249 g/mol. The van der Waals surface area contributed by atoms with Crippen molar-refractivity contribution in [3.05, 3.63) is 12.2 Å². The van der Waals surface area contributed by atoms with E-state index in [0.717, 1.165) is 11.8 Å². The molecule has 13 heavy (non-hydrogen) atoms. The molecule has 1 rings (SSSR count). The van der Waals surface area contributed by atoms with Crippen LogP contribution in [0.4, 0.5) is 0 Å². The van der Waals surface area contributed by atoms with Gasteiger partial charge in [0.15, 0.2) is 0 Å². The van der Waals surface area contributed by atoms with Crippen LogP contribution >= 0.6 is 15.9 Å². The Morgan fingerprint density at radius 2 is 2.23 bits per heavy atom. The quantitative estimate of drug-likeness (QED) is 0.542. The van der Waals surface area contributed by atoms with Gasteiger partial charge in [0, 0.05) is 5.33 Å². The molecule has 0 N–H and O–H groups in total. The number of alkyl halides is 1. The number of ether oxygens (including phenoxy) is 1. The van der Waals surface area contributed by atoms with Crippen molar-refractivity contribution in [1.29, 1.82) is 0 Å². The van der Waals surface area contributed by atoms with Gasteiger partial charge in [0.05, 0.1) is 12.2 Å². The molecule has 1 heterocycles. The molecule has 2 atom stereocenters. The van der Waals surface area contributed by atoms with Gasteiger partial charge in [-0.15, -0.1) is 0 Å². The Bertz CT molecular complexity index is 156. The molecule has 1 fully saturated rings. The van der Waals surface area contributed by atoms with Gasteiger partial charge in [-0.3, -0.25) is 0 Å². The Labute approximate surface area is 90.7 Å². The van der Waals surface area contributed by atoms with E-state index < -0.39 is 0 Å². The lowest BCUT2D eigenvalue weighted by Crippen LogP contribution is -2.10. The molecule has 0 amide bonds. The molecule has 0 radical (unpaired) electrons. The van der Waals surface area contributed by atoms with Crippen LogP contribution in [0, 0.1) is 0 Å². The zero-order chi connectivity index (χ0) is 8.97. The minimum atomic E-state index is 0. The summed E-state index contributed by atoms with van der Waals surface area (Å²) in [6.45, 7) is 6.20. The number of halogens is 1. The maximum atomic E-state index is 5.71. The lowest BCUT2D eigenvalue weighted by atomic mass is 10.0. The first-order chi connectivity index (χ1) is 5.74. The van der Waals surface area contributed by atoms with Gasteiger partial charge in [0.1, 0.15) is 0 Å². The average Bonchev–Trinajstić information content (AvgIpc) is 2.47. The second kappa shape index (κ2) is 6.61.